The van der Waals surface area contributed by atoms with Crippen LogP contribution in [0.15, 0.2) is 30.4 Å². The molecule has 2 atom stereocenters. The number of esters is 1. The number of hydrogen-bond acceptors (Lipinski definition) is 4. The second-order valence-electron chi connectivity index (χ2n) is 5.78. The van der Waals surface area contributed by atoms with E-state index in [-0.39, 0.29) is 29.0 Å². The molecule has 1 aliphatic carbocycles. The molecule has 1 saturated heterocycles. The average molecular weight is 352 g/mol. The summed E-state index contributed by atoms with van der Waals surface area (Å²) in [5.74, 6) is -2.85. The predicted molar refractivity (Wildman–Crippen MR) is 83.3 cm³/mol. The van der Waals surface area contributed by atoms with Gasteiger partial charge in [0.2, 0.25) is 11.8 Å². The minimum atomic E-state index is -0.775. The summed E-state index contributed by atoms with van der Waals surface area (Å²) in [5, 5.41) is 0.146. The number of amides is 2. The van der Waals surface area contributed by atoms with Crippen molar-refractivity contribution in [2.75, 3.05) is 6.54 Å². The average Bonchev–Trinajstić information content (AvgIpc) is 2.80. The molecule has 2 amide bonds. The van der Waals surface area contributed by atoms with Crippen LogP contribution in [0.25, 0.3) is 0 Å². The molecule has 0 saturated carbocycles. The first kappa shape index (κ1) is 16.6. The largest absolute Gasteiger partial charge is 0.459 e. The van der Waals surface area contributed by atoms with Crippen LogP contribution in [0.3, 0.4) is 0 Å². The van der Waals surface area contributed by atoms with Crippen molar-refractivity contribution in [2.45, 2.75) is 19.4 Å². The standard InChI is InChI=1S/C17H15ClFNO4/c18-13-6-3-7-14(19)12(13)9-24-15(21)8-20-16(22)10-4-1-2-5-11(10)17(20)23/h1-3,6-7,10-11H,4-5,8-9H2/t10-,11-/m1/s1. The smallest absolute Gasteiger partial charge is 0.326 e. The summed E-state index contributed by atoms with van der Waals surface area (Å²) in [6.07, 6.45) is 4.75. The Labute approximate surface area is 143 Å². The summed E-state index contributed by atoms with van der Waals surface area (Å²) in [6.45, 7) is -0.814. The van der Waals surface area contributed by atoms with Crippen LogP contribution in [0.2, 0.25) is 5.02 Å². The minimum Gasteiger partial charge on any atom is -0.459 e. The van der Waals surface area contributed by atoms with Crippen LogP contribution >= 0.6 is 11.6 Å². The van der Waals surface area contributed by atoms with Crippen LogP contribution in [0.4, 0.5) is 4.39 Å². The quantitative estimate of drug-likeness (QED) is 0.475. The monoisotopic (exact) mass is 351 g/mol. The van der Waals surface area contributed by atoms with Gasteiger partial charge in [0.25, 0.3) is 0 Å². The molecule has 0 radical (unpaired) electrons. The fraction of sp³-hybridized carbons (Fsp3) is 0.353. The second kappa shape index (κ2) is 6.73. The number of allylic oxidation sites excluding steroid dienone is 2. The fourth-order valence-electron chi connectivity index (χ4n) is 3.02. The Hall–Kier alpha value is -2.21. The number of nitrogens with zero attached hydrogens (tertiary/aromatic N) is 1. The van der Waals surface area contributed by atoms with Crippen molar-refractivity contribution < 1.29 is 23.5 Å². The Morgan fingerprint density at radius 1 is 1.21 bits per heavy atom. The third-order valence-corrected chi connectivity index (χ3v) is 4.68. The minimum absolute atomic E-state index is 0.0597. The number of fused-ring (bicyclic) bond motifs is 1. The molecule has 0 N–H and O–H groups in total. The van der Waals surface area contributed by atoms with Gasteiger partial charge in [0.15, 0.2) is 0 Å². The Balaban J connectivity index is 1.61. The van der Waals surface area contributed by atoms with E-state index in [0.717, 1.165) is 4.90 Å². The van der Waals surface area contributed by atoms with Gasteiger partial charge in [0, 0.05) is 5.56 Å². The molecular formula is C17H15ClFNO4. The molecule has 0 bridgehead atoms. The van der Waals surface area contributed by atoms with Crippen LogP contribution in [0, 0.1) is 17.7 Å². The first-order chi connectivity index (χ1) is 11.5. The Morgan fingerprint density at radius 2 is 1.83 bits per heavy atom. The molecule has 1 heterocycles. The van der Waals surface area contributed by atoms with Crippen molar-refractivity contribution in [3.05, 3.63) is 46.8 Å². The molecule has 7 heteroatoms. The van der Waals surface area contributed by atoms with E-state index in [1.807, 2.05) is 12.2 Å². The summed E-state index contributed by atoms with van der Waals surface area (Å²) in [5.41, 5.74) is 0.0597. The molecule has 5 nitrogen and oxygen atoms in total. The topological polar surface area (TPSA) is 63.7 Å². The van der Waals surface area contributed by atoms with Gasteiger partial charge in [-0.2, -0.15) is 0 Å². The van der Waals surface area contributed by atoms with Gasteiger partial charge in [-0.3, -0.25) is 19.3 Å². The summed E-state index contributed by atoms with van der Waals surface area (Å²) < 4.78 is 18.6. The van der Waals surface area contributed by atoms with Crippen LogP contribution in [-0.2, 0) is 25.7 Å². The van der Waals surface area contributed by atoms with Crippen molar-refractivity contribution in [3.8, 4) is 0 Å². The van der Waals surface area contributed by atoms with Gasteiger partial charge < -0.3 is 4.74 Å². The van der Waals surface area contributed by atoms with Gasteiger partial charge in [-0.15, -0.1) is 0 Å². The van der Waals surface area contributed by atoms with E-state index in [4.69, 9.17) is 16.3 Å². The molecule has 2 aliphatic rings. The van der Waals surface area contributed by atoms with E-state index < -0.39 is 30.2 Å². The first-order valence-corrected chi connectivity index (χ1v) is 7.95. The predicted octanol–water partition coefficient (Wildman–Crippen LogP) is 2.47. The molecule has 126 valence electrons. The van der Waals surface area contributed by atoms with Crippen LogP contribution in [0.1, 0.15) is 18.4 Å². The van der Waals surface area contributed by atoms with Crippen LogP contribution in [0.5, 0.6) is 0 Å². The molecule has 1 aromatic rings. The molecule has 1 fully saturated rings. The summed E-state index contributed by atoms with van der Waals surface area (Å²) in [4.78, 5) is 37.4. The lowest BCUT2D eigenvalue weighted by molar-refractivity contribution is -0.153. The van der Waals surface area contributed by atoms with Crippen molar-refractivity contribution in [3.63, 3.8) is 0 Å². The highest BCUT2D eigenvalue weighted by molar-refractivity contribution is 6.31. The van der Waals surface area contributed by atoms with E-state index in [1.54, 1.807) is 0 Å². The van der Waals surface area contributed by atoms with E-state index in [1.165, 1.54) is 18.2 Å². The maximum Gasteiger partial charge on any atom is 0.326 e. The molecular weight excluding hydrogens is 337 g/mol. The maximum atomic E-state index is 13.6. The molecule has 3 rings (SSSR count). The number of carbonyl (C=O) groups is 3. The number of halogens is 2. The third-order valence-electron chi connectivity index (χ3n) is 4.33. The number of hydrogen-bond donors (Lipinski definition) is 0. The normalized spacial score (nSPS) is 22.7. The Kier molecular flexibility index (Phi) is 4.66. The third kappa shape index (κ3) is 3.06. The van der Waals surface area contributed by atoms with Gasteiger partial charge in [0.1, 0.15) is 19.0 Å². The number of rotatable bonds is 4. The van der Waals surface area contributed by atoms with Crippen LogP contribution < -0.4 is 0 Å². The highest BCUT2D eigenvalue weighted by atomic mass is 35.5. The number of likely N-dealkylation sites (tertiary alicyclic amines) is 1. The highest BCUT2D eigenvalue weighted by Gasteiger charge is 2.47. The first-order valence-electron chi connectivity index (χ1n) is 7.57. The van der Waals surface area contributed by atoms with E-state index in [0.29, 0.717) is 12.8 Å². The SMILES string of the molecule is O=C(CN1C(=O)[C@@H]2CC=CC[C@H]2C1=O)OCc1c(F)cccc1Cl. The zero-order chi connectivity index (χ0) is 17.3. The zero-order valence-electron chi connectivity index (χ0n) is 12.7. The second-order valence-corrected chi connectivity index (χ2v) is 6.19. The van der Waals surface area contributed by atoms with Gasteiger partial charge >= 0.3 is 5.97 Å². The molecule has 0 aromatic heterocycles. The molecule has 24 heavy (non-hydrogen) atoms. The summed E-state index contributed by atoms with van der Waals surface area (Å²) in [6, 6.07) is 4.14. The lowest BCUT2D eigenvalue weighted by atomic mass is 9.85. The molecule has 1 aliphatic heterocycles. The molecule has 0 spiro atoms. The lowest BCUT2D eigenvalue weighted by Gasteiger charge is -2.14. The Morgan fingerprint density at radius 3 is 2.42 bits per heavy atom. The number of carbonyl (C=O) groups excluding carboxylic acids is 3. The number of ether oxygens (including phenoxy) is 1. The van der Waals surface area contributed by atoms with Gasteiger partial charge in [0.05, 0.1) is 16.9 Å². The highest BCUT2D eigenvalue weighted by Crippen LogP contribution is 2.34. The van der Waals surface area contributed by atoms with Crippen molar-refractivity contribution in [1.82, 2.24) is 4.90 Å². The Bertz CT molecular complexity index is 687. The number of imide groups is 1. The van der Waals surface area contributed by atoms with Gasteiger partial charge in [-0.1, -0.05) is 29.8 Å². The molecule has 1 aromatic carbocycles. The zero-order valence-corrected chi connectivity index (χ0v) is 13.5. The maximum absolute atomic E-state index is 13.6. The fourth-order valence-corrected chi connectivity index (χ4v) is 3.24. The van der Waals surface area contributed by atoms with E-state index >= 15 is 0 Å². The van der Waals surface area contributed by atoms with E-state index in [2.05, 4.69) is 0 Å². The molecule has 0 unspecified atom stereocenters. The van der Waals surface area contributed by atoms with Crippen molar-refractivity contribution in [1.29, 1.82) is 0 Å². The summed E-state index contributed by atoms with van der Waals surface area (Å²) >= 11 is 5.86. The lowest BCUT2D eigenvalue weighted by Crippen LogP contribution is -2.36. The van der Waals surface area contributed by atoms with Crippen LogP contribution in [-0.4, -0.2) is 29.2 Å². The number of benzene rings is 1. The van der Waals surface area contributed by atoms with Gasteiger partial charge in [-0.05, 0) is 25.0 Å². The van der Waals surface area contributed by atoms with E-state index in [9.17, 15) is 18.8 Å². The summed E-state index contributed by atoms with van der Waals surface area (Å²) in [7, 11) is 0. The van der Waals surface area contributed by atoms with Crippen molar-refractivity contribution in [2.24, 2.45) is 11.8 Å². The van der Waals surface area contributed by atoms with Gasteiger partial charge in [-0.25, -0.2) is 4.39 Å². The van der Waals surface area contributed by atoms with Crippen molar-refractivity contribution >= 4 is 29.4 Å².